The molecule has 1 fully saturated rings. The summed E-state index contributed by atoms with van der Waals surface area (Å²) in [6.07, 6.45) is 4.94. The normalized spacial score (nSPS) is 16.9. The predicted octanol–water partition coefficient (Wildman–Crippen LogP) is 5.19. The van der Waals surface area contributed by atoms with Crippen LogP contribution in [0.2, 0.25) is 0 Å². The zero-order valence-electron chi connectivity index (χ0n) is 18.5. The van der Waals surface area contributed by atoms with Crippen molar-refractivity contribution in [2.75, 3.05) is 16.8 Å². The van der Waals surface area contributed by atoms with Crippen molar-refractivity contribution >= 4 is 23.4 Å². The fourth-order valence-electron chi connectivity index (χ4n) is 4.00. The van der Waals surface area contributed by atoms with Crippen molar-refractivity contribution in [1.29, 1.82) is 0 Å². The number of oxazole rings is 1. The van der Waals surface area contributed by atoms with Gasteiger partial charge in [0, 0.05) is 36.1 Å². The van der Waals surface area contributed by atoms with Gasteiger partial charge in [0.15, 0.2) is 11.5 Å². The van der Waals surface area contributed by atoms with Gasteiger partial charge in [0.25, 0.3) is 6.01 Å². The SMILES string of the molecule is CC(C)c1ccnc(Nc2cccc(-c3cnc(N4CCCC(=O)C4C(C)C)o3)c2)n1. The van der Waals surface area contributed by atoms with Crippen LogP contribution < -0.4 is 10.2 Å². The van der Waals surface area contributed by atoms with Gasteiger partial charge in [-0.3, -0.25) is 4.79 Å². The van der Waals surface area contributed by atoms with Crippen LogP contribution in [-0.2, 0) is 4.79 Å². The van der Waals surface area contributed by atoms with Crippen molar-refractivity contribution in [3.05, 3.63) is 48.4 Å². The van der Waals surface area contributed by atoms with Crippen LogP contribution in [0.4, 0.5) is 17.7 Å². The van der Waals surface area contributed by atoms with Crippen LogP contribution in [0.25, 0.3) is 11.3 Å². The average Bonchev–Trinajstić information content (AvgIpc) is 3.24. The third kappa shape index (κ3) is 4.60. The van der Waals surface area contributed by atoms with Crippen LogP contribution in [0.5, 0.6) is 0 Å². The summed E-state index contributed by atoms with van der Waals surface area (Å²) in [5.41, 5.74) is 2.75. The molecule has 1 atom stereocenters. The van der Waals surface area contributed by atoms with E-state index in [-0.39, 0.29) is 17.7 Å². The Kier molecular flexibility index (Phi) is 6.02. The molecule has 1 aliphatic rings. The number of rotatable bonds is 6. The van der Waals surface area contributed by atoms with Crippen molar-refractivity contribution in [3.8, 4) is 11.3 Å². The minimum absolute atomic E-state index is 0.182. The van der Waals surface area contributed by atoms with Crippen LogP contribution in [0, 0.1) is 5.92 Å². The van der Waals surface area contributed by atoms with Gasteiger partial charge in [0.05, 0.1) is 12.2 Å². The zero-order valence-corrected chi connectivity index (χ0v) is 18.5. The fourth-order valence-corrected chi connectivity index (χ4v) is 4.00. The van der Waals surface area contributed by atoms with E-state index in [1.807, 2.05) is 35.2 Å². The van der Waals surface area contributed by atoms with Gasteiger partial charge in [-0.05, 0) is 36.5 Å². The summed E-state index contributed by atoms with van der Waals surface area (Å²) in [5.74, 6) is 2.02. The molecule has 4 rings (SSSR count). The number of hydrogen-bond donors (Lipinski definition) is 1. The van der Waals surface area contributed by atoms with Crippen molar-refractivity contribution in [3.63, 3.8) is 0 Å². The zero-order chi connectivity index (χ0) is 22.0. The molecular weight excluding hydrogens is 390 g/mol. The molecule has 7 heteroatoms. The van der Waals surface area contributed by atoms with Crippen molar-refractivity contribution in [2.24, 2.45) is 5.92 Å². The number of piperidine rings is 1. The van der Waals surface area contributed by atoms with Gasteiger partial charge in [-0.25, -0.2) is 15.0 Å². The summed E-state index contributed by atoms with van der Waals surface area (Å²) >= 11 is 0. The number of Topliss-reactive ketones (excluding diaryl/α,β-unsaturated/α-hetero) is 1. The van der Waals surface area contributed by atoms with Crippen LogP contribution >= 0.6 is 0 Å². The number of nitrogens with one attached hydrogen (secondary N) is 1. The molecule has 1 aliphatic heterocycles. The largest absolute Gasteiger partial charge is 0.423 e. The number of hydrogen-bond acceptors (Lipinski definition) is 7. The Morgan fingerprint density at radius 2 is 2.00 bits per heavy atom. The topological polar surface area (TPSA) is 84.2 Å². The van der Waals surface area contributed by atoms with Gasteiger partial charge in [-0.15, -0.1) is 0 Å². The Hall–Kier alpha value is -3.22. The van der Waals surface area contributed by atoms with Crippen molar-refractivity contribution < 1.29 is 9.21 Å². The van der Waals surface area contributed by atoms with E-state index in [0.29, 0.717) is 30.1 Å². The third-order valence-corrected chi connectivity index (χ3v) is 5.53. The molecule has 3 heterocycles. The van der Waals surface area contributed by atoms with Gasteiger partial charge >= 0.3 is 0 Å². The first-order chi connectivity index (χ1) is 14.9. The molecule has 0 amide bonds. The summed E-state index contributed by atoms with van der Waals surface area (Å²) in [6.45, 7) is 9.12. The highest BCUT2D eigenvalue weighted by molar-refractivity contribution is 5.88. The second-order valence-corrected chi connectivity index (χ2v) is 8.62. The lowest BCUT2D eigenvalue weighted by molar-refractivity contribution is -0.122. The van der Waals surface area contributed by atoms with Gasteiger partial charge < -0.3 is 14.6 Å². The van der Waals surface area contributed by atoms with Crippen LogP contribution in [-0.4, -0.2) is 33.3 Å². The summed E-state index contributed by atoms with van der Waals surface area (Å²) in [7, 11) is 0. The fraction of sp³-hybridized carbons (Fsp3) is 0.417. The highest BCUT2D eigenvalue weighted by atomic mass is 16.4. The summed E-state index contributed by atoms with van der Waals surface area (Å²) in [5, 5.41) is 3.27. The Bertz CT molecular complexity index is 1060. The maximum atomic E-state index is 12.4. The molecule has 0 radical (unpaired) electrons. The Morgan fingerprint density at radius 1 is 1.16 bits per heavy atom. The number of nitrogens with zero attached hydrogens (tertiary/aromatic N) is 4. The standard InChI is InChI=1S/C24H29N5O2/c1-15(2)19-10-11-25-23(28-19)27-18-8-5-7-17(13-18)21-14-26-24(31-21)29-12-6-9-20(30)22(29)16(3)4/h5,7-8,10-11,13-16,22H,6,9,12H2,1-4H3,(H,25,27,28). The predicted molar refractivity (Wildman–Crippen MR) is 122 cm³/mol. The molecule has 7 nitrogen and oxygen atoms in total. The van der Waals surface area contributed by atoms with Crippen molar-refractivity contribution in [1.82, 2.24) is 15.0 Å². The van der Waals surface area contributed by atoms with E-state index in [1.54, 1.807) is 12.4 Å². The van der Waals surface area contributed by atoms with Gasteiger partial charge in [-0.2, -0.15) is 0 Å². The minimum atomic E-state index is -0.182. The van der Waals surface area contributed by atoms with Crippen LogP contribution in [0.1, 0.15) is 52.1 Å². The molecule has 3 aromatic rings. The lowest BCUT2D eigenvalue weighted by Crippen LogP contribution is -2.49. The molecule has 0 saturated carbocycles. The number of anilines is 3. The molecule has 1 unspecified atom stereocenters. The van der Waals surface area contributed by atoms with Gasteiger partial charge in [-0.1, -0.05) is 39.8 Å². The van der Waals surface area contributed by atoms with Crippen LogP contribution in [0.3, 0.4) is 0 Å². The van der Waals surface area contributed by atoms with E-state index < -0.39 is 0 Å². The van der Waals surface area contributed by atoms with Gasteiger partial charge in [0.1, 0.15) is 0 Å². The number of benzene rings is 1. The Labute approximate surface area is 182 Å². The maximum Gasteiger partial charge on any atom is 0.298 e. The minimum Gasteiger partial charge on any atom is -0.423 e. The number of ketones is 1. The number of carbonyl (C=O) groups is 1. The molecular formula is C24H29N5O2. The van der Waals surface area contributed by atoms with E-state index in [1.165, 1.54) is 0 Å². The molecule has 0 spiro atoms. The highest BCUT2D eigenvalue weighted by Crippen LogP contribution is 2.31. The van der Waals surface area contributed by atoms with E-state index in [4.69, 9.17) is 4.42 Å². The van der Waals surface area contributed by atoms with Gasteiger partial charge in [0.2, 0.25) is 5.95 Å². The Balaban J connectivity index is 1.56. The first-order valence-corrected chi connectivity index (χ1v) is 10.9. The molecule has 0 bridgehead atoms. The van der Waals surface area contributed by atoms with E-state index in [9.17, 15) is 4.79 Å². The lowest BCUT2D eigenvalue weighted by atomic mass is 9.92. The molecule has 31 heavy (non-hydrogen) atoms. The lowest BCUT2D eigenvalue weighted by Gasteiger charge is -2.35. The first-order valence-electron chi connectivity index (χ1n) is 10.9. The van der Waals surface area contributed by atoms with Crippen molar-refractivity contribution in [2.45, 2.75) is 52.5 Å². The highest BCUT2D eigenvalue weighted by Gasteiger charge is 2.34. The van der Waals surface area contributed by atoms with E-state index in [0.717, 1.165) is 29.9 Å². The molecule has 1 N–H and O–H groups in total. The Morgan fingerprint density at radius 3 is 2.77 bits per heavy atom. The summed E-state index contributed by atoms with van der Waals surface area (Å²) < 4.78 is 6.10. The summed E-state index contributed by atoms with van der Waals surface area (Å²) in [4.78, 5) is 27.8. The number of carbonyl (C=O) groups excluding carboxylic acids is 1. The summed E-state index contributed by atoms with van der Waals surface area (Å²) in [6, 6.07) is 10.1. The van der Waals surface area contributed by atoms with E-state index >= 15 is 0 Å². The van der Waals surface area contributed by atoms with Crippen LogP contribution in [0.15, 0.2) is 47.1 Å². The third-order valence-electron chi connectivity index (χ3n) is 5.53. The molecule has 0 aliphatic carbocycles. The smallest absolute Gasteiger partial charge is 0.298 e. The molecule has 1 saturated heterocycles. The first kappa shape index (κ1) is 21.0. The molecule has 1 aromatic carbocycles. The molecule has 2 aromatic heterocycles. The maximum absolute atomic E-state index is 12.4. The average molecular weight is 420 g/mol. The van der Waals surface area contributed by atoms with E-state index in [2.05, 4.69) is 48.0 Å². The molecule has 162 valence electrons. The second kappa shape index (κ2) is 8.88. The monoisotopic (exact) mass is 419 g/mol. The quantitative estimate of drug-likeness (QED) is 0.588. The second-order valence-electron chi connectivity index (χ2n) is 8.62. The number of aromatic nitrogens is 3.